The predicted octanol–water partition coefficient (Wildman–Crippen LogP) is 0.826. The Kier molecular flexibility index (Phi) is 6.29. The summed E-state index contributed by atoms with van der Waals surface area (Å²) in [5, 5.41) is 24.2. The first-order valence-electron chi connectivity index (χ1n) is 11.1. The maximum absolute atomic E-state index is 12.5. The fraction of sp³-hybridized carbons (Fsp3) is 0.391. The number of nitrogens with zero attached hydrogens (tertiary/aromatic N) is 4. The molecule has 10 nitrogen and oxygen atoms in total. The minimum atomic E-state index is -0.700. The number of rotatable bonds is 8. The number of β-amino-alcohol motifs (C(OH)–C–C–N with tert-alkyl or cyclic N) is 1. The molecule has 1 amide bonds. The van der Waals surface area contributed by atoms with E-state index in [2.05, 4.69) is 35.7 Å². The summed E-state index contributed by atoms with van der Waals surface area (Å²) in [6.45, 7) is 3.37. The van der Waals surface area contributed by atoms with Crippen LogP contribution in [0.15, 0.2) is 42.7 Å². The zero-order chi connectivity index (χ0) is 22.6. The number of ether oxygens (including phenoxy) is 1. The highest BCUT2D eigenvalue weighted by Crippen LogP contribution is 2.28. The Morgan fingerprint density at radius 3 is 2.91 bits per heavy atom. The Hall–Kier alpha value is -3.34. The number of anilines is 1. The summed E-state index contributed by atoms with van der Waals surface area (Å²) in [5.41, 5.74) is 4.61. The second kappa shape index (κ2) is 9.65. The van der Waals surface area contributed by atoms with Crippen molar-refractivity contribution in [1.82, 2.24) is 30.4 Å². The zero-order valence-corrected chi connectivity index (χ0v) is 18.2. The van der Waals surface area contributed by atoms with Gasteiger partial charge in [0.2, 0.25) is 0 Å². The summed E-state index contributed by atoms with van der Waals surface area (Å²) >= 11 is 0. The van der Waals surface area contributed by atoms with Gasteiger partial charge in [-0.25, -0.2) is 9.97 Å². The Morgan fingerprint density at radius 1 is 1.27 bits per heavy atom. The minimum absolute atomic E-state index is 0.141. The van der Waals surface area contributed by atoms with Gasteiger partial charge in [0.1, 0.15) is 17.8 Å². The van der Waals surface area contributed by atoms with Crippen LogP contribution in [-0.2, 0) is 17.7 Å². The number of benzene rings is 1. The number of hydrogen-bond donors (Lipinski definition) is 4. The molecule has 1 atom stereocenters. The van der Waals surface area contributed by atoms with E-state index >= 15 is 0 Å². The smallest absolute Gasteiger partial charge is 0.270 e. The number of hydrogen-bond acceptors (Lipinski definition) is 8. The fourth-order valence-electron chi connectivity index (χ4n) is 4.09. The van der Waals surface area contributed by atoms with Crippen LogP contribution in [0.1, 0.15) is 21.7 Å². The van der Waals surface area contributed by atoms with Gasteiger partial charge in [-0.05, 0) is 0 Å². The second-order valence-corrected chi connectivity index (χ2v) is 8.41. The summed E-state index contributed by atoms with van der Waals surface area (Å²) in [6.07, 6.45) is 1.50. The average molecular weight is 450 g/mol. The highest BCUT2D eigenvalue weighted by Gasteiger charge is 2.24. The van der Waals surface area contributed by atoms with E-state index in [1.807, 2.05) is 30.3 Å². The van der Waals surface area contributed by atoms with Crippen LogP contribution in [0, 0.1) is 0 Å². The standard InChI is InChI=1S/C23H27N7O3/c31-17(9-24-23(32)20-8-21(26-14-25-20)27-16-12-33-13-16)10-30-7-6-19-18(11-30)22(29-28-19)15-4-2-1-3-5-15/h1-5,8,14,16-17,31H,6-7,9-13H2,(H,24,32)(H,28,29)(H,25,26,27)/t17-/m0/s1. The first-order valence-corrected chi connectivity index (χ1v) is 11.1. The number of aromatic amines is 1. The first-order chi connectivity index (χ1) is 16.2. The molecule has 2 aliphatic heterocycles. The molecule has 0 bridgehead atoms. The van der Waals surface area contributed by atoms with Gasteiger partial charge in [-0.2, -0.15) is 5.10 Å². The average Bonchev–Trinajstić information content (AvgIpc) is 3.24. The molecule has 0 aliphatic carbocycles. The van der Waals surface area contributed by atoms with Crippen molar-refractivity contribution in [2.24, 2.45) is 0 Å². The second-order valence-electron chi connectivity index (χ2n) is 8.41. The third-order valence-electron chi connectivity index (χ3n) is 5.92. The van der Waals surface area contributed by atoms with Crippen LogP contribution in [-0.4, -0.2) is 81.1 Å². The molecule has 172 valence electrons. The number of amides is 1. The van der Waals surface area contributed by atoms with E-state index in [-0.39, 0.29) is 24.2 Å². The van der Waals surface area contributed by atoms with E-state index in [9.17, 15) is 9.90 Å². The van der Waals surface area contributed by atoms with E-state index in [0.29, 0.717) is 32.1 Å². The molecule has 0 spiro atoms. The van der Waals surface area contributed by atoms with Gasteiger partial charge in [-0.3, -0.25) is 14.8 Å². The van der Waals surface area contributed by atoms with Crippen molar-refractivity contribution in [2.45, 2.75) is 25.1 Å². The van der Waals surface area contributed by atoms with Gasteiger partial charge < -0.3 is 20.5 Å². The quantitative estimate of drug-likeness (QED) is 0.398. The molecule has 3 aromatic rings. The number of H-pyrrole nitrogens is 1. The first kappa shape index (κ1) is 21.5. The SMILES string of the molecule is O=C(NC[C@H](O)CN1CCc2[nH]nc(-c3ccccc3)c2C1)c1cc(NC2COC2)ncn1. The maximum atomic E-state index is 12.5. The number of nitrogens with one attached hydrogen (secondary N) is 3. The molecule has 10 heteroatoms. The highest BCUT2D eigenvalue weighted by atomic mass is 16.5. The van der Waals surface area contributed by atoms with Gasteiger partial charge in [-0.15, -0.1) is 0 Å². The van der Waals surface area contributed by atoms with Crippen molar-refractivity contribution in [1.29, 1.82) is 0 Å². The maximum Gasteiger partial charge on any atom is 0.270 e. The molecule has 5 rings (SSSR count). The molecule has 4 N–H and O–H groups in total. The summed E-state index contributed by atoms with van der Waals surface area (Å²) < 4.78 is 5.13. The molecular weight excluding hydrogens is 422 g/mol. The van der Waals surface area contributed by atoms with Gasteiger partial charge in [0.25, 0.3) is 5.91 Å². The fourth-order valence-corrected chi connectivity index (χ4v) is 4.09. The largest absolute Gasteiger partial charge is 0.390 e. The van der Waals surface area contributed by atoms with Crippen LogP contribution in [0.2, 0.25) is 0 Å². The van der Waals surface area contributed by atoms with Crippen molar-refractivity contribution in [3.05, 3.63) is 59.7 Å². The monoisotopic (exact) mass is 449 g/mol. The molecule has 4 heterocycles. The third kappa shape index (κ3) is 5.03. The predicted molar refractivity (Wildman–Crippen MR) is 122 cm³/mol. The molecule has 2 aromatic heterocycles. The summed E-state index contributed by atoms with van der Waals surface area (Å²) in [4.78, 5) is 22.9. The minimum Gasteiger partial charge on any atom is -0.390 e. The van der Waals surface area contributed by atoms with Crippen LogP contribution in [0.4, 0.5) is 5.82 Å². The number of aliphatic hydroxyl groups is 1. The lowest BCUT2D eigenvalue weighted by Gasteiger charge is -2.29. The van der Waals surface area contributed by atoms with Crippen LogP contribution >= 0.6 is 0 Å². The van der Waals surface area contributed by atoms with Gasteiger partial charge in [0.05, 0.1) is 31.1 Å². The number of carbonyl (C=O) groups is 1. The summed E-state index contributed by atoms with van der Waals surface area (Å²) in [5.74, 6) is 0.244. The van der Waals surface area contributed by atoms with Crippen molar-refractivity contribution >= 4 is 11.7 Å². The van der Waals surface area contributed by atoms with Gasteiger partial charge in [-0.1, -0.05) is 30.3 Å². The summed E-state index contributed by atoms with van der Waals surface area (Å²) in [7, 11) is 0. The van der Waals surface area contributed by atoms with E-state index in [4.69, 9.17) is 4.74 Å². The van der Waals surface area contributed by atoms with Gasteiger partial charge in [0.15, 0.2) is 0 Å². The summed E-state index contributed by atoms with van der Waals surface area (Å²) in [6, 6.07) is 11.9. The Balaban J connectivity index is 1.14. The van der Waals surface area contributed by atoms with Gasteiger partial charge >= 0.3 is 0 Å². The van der Waals surface area contributed by atoms with Crippen molar-refractivity contribution in [2.75, 3.05) is 38.2 Å². The Labute approximate surface area is 191 Å². The lowest BCUT2D eigenvalue weighted by molar-refractivity contribution is 0.0209. The van der Waals surface area contributed by atoms with Crippen LogP contribution in [0.5, 0.6) is 0 Å². The number of fused-ring (bicyclic) bond motifs is 1. The molecular formula is C23H27N7O3. The van der Waals surface area contributed by atoms with Crippen LogP contribution in [0.3, 0.4) is 0 Å². The van der Waals surface area contributed by atoms with E-state index in [1.54, 1.807) is 6.07 Å². The molecule has 0 unspecified atom stereocenters. The third-order valence-corrected chi connectivity index (χ3v) is 5.92. The molecule has 33 heavy (non-hydrogen) atoms. The zero-order valence-electron chi connectivity index (χ0n) is 18.2. The normalized spacial score (nSPS) is 17.1. The van der Waals surface area contributed by atoms with Crippen molar-refractivity contribution in [3.63, 3.8) is 0 Å². The van der Waals surface area contributed by atoms with Crippen LogP contribution < -0.4 is 10.6 Å². The van der Waals surface area contributed by atoms with Crippen LogP contribution in [0.25, 0.3) is 11.3 Å². The van der Waals surface area contributed by atoms with E-state index in [1.165, 1.54) is 11.9 Å². The molecule has 1 saturated heterocycles. The molecule has 0 saturated carbocycles. The lowest BCUT2D eigenvalue weighted by Crippen LogP contribution is -2.42. The number of aliphatic hydroxyl groups excluding tert-OH is 1. The number of aromatic nitrogens is 4. The number of carbonyl (C=O) groups excluding carboxylic acids is 1. The van der Waals surface area contributed by atoms with E-state index in [0.717, 1.165) is 29.9 Å². The van der Waals surface area contributed by atoms with Crippen molar-refractivity contribution < 1.29 is 14.6 Å². The molecule has 0 radical (unpaired) electrons. The topological polar surface area (TPSA) is 128 Å². The molecule has 1 aromatic carbocycles. The Morgan fingerprint density at radius 2 is 2.12 bits per heavy atom. The Bertz CT molecular complexity index is 1100. The highest BCUT2D eigenvalue weighted by molar-refractivity contribution is 5.92. The molecule has 1 fully saturated rings. The van der Waals surface area contributed by atoms with Crippen molar-refractivity contribution in [3.8, 4) is 11.3 Å². The van der Waals surface area contributed by atoms with Gasteiger partial charge in [0, 0.05) is 55.5 Å². The van der Waals surface area contributed by atoms with E-state index < -0.39 is 6.10 Å². The molecule has 2 aliphatic rings. The lowest BCUT2D eigenvalue weighted by atomic mass is 10.0.